The second-order valence-corrected chi connectivity index (χ2v) is 3.95. The maximum absolute atomic E-state index is 5.58. The Balaban J connectivity index is 1.57. The zero-order valence-corrected chi connectivity index (χ0v) is 8.93. The molecule has 0 saturated carbocycles. The zero-order valence-electron chi connectivity index (χ0n) is 8.93. The summed E-state index contributed by atoms with van der Waals surface area (Å²) in [6.07, 6.45) is 1.16. The lowest BCUT2D eigenvalue weighted by Gasteiger charge is -2.26. The molecule has 2 saturated heterocycles. The van der Waals surface area contributed by atoms with E-state index < -0.39 is 0 Å². The topological polar surface area (TPSA) is 40.2 Å². The highest BCUT2D eigenvalue weighted by Crippen LogP contribution is 2.24. The van der Waals surface area contributed by atoms with Gasteiger partial charge in [0, 0.05) is 12.5 Å². The third-order valence-electron chi connectivity index (χ3n) is 2.57. The molecule has 0 spiro atoms. The summed E-state index contributed by atoms with van der Waals surface area (Å²) in [7, 11) is 0. The van der Waals surface area contributed by atoms with E-state index in [1.54, 1.807) is 0 Å². The number of hydrogen-bond donors (Lipinski definition) is 0. The number of rotatable bonds is 5. The second-order valence-electron chi connectivity index (χ2n) is 3.95. The Morgan fingerprint density at radius 2 is 2.06 bits per heavy atom. The molecule has 2 aliphatic rings. The molecule has 4 heteroatoms. The third kappa shape index (κ3) is 2.46. The van der Waals surface area contributed by atoms with Crippen LogP contribution in [0.2, 0.25) is 0 Å². The molecule has 4 nitrogen and oxygen atoms in total. The highest BCUT2D eigenvalue weighted by molar-refractivity contribution is 5.33. The summed E-state index contributed by atoms with van der Waals surface area (Å²) in [6, 6.07) is 7.61. The highest BCUT2D eigenvalue weighted by atomic mass is 16.7. The molecule has 0 bridgehead atoms. The van der Waals surface area contributed by atoms with E-state index in [9.17, 15) is 0 Å². The fraction of sp³-hybridized carbons (Fsp3) is 0.500. The SMILES string of the molecule is c1cc(OCC2CO2)cc(OC2CCO2)c1. The van der Waals surface area contributed by atoms with E-state index in [0.717, 1.165) is 31.1 Å². The van der Waals surface area contributed by atoms with Crippen molar-refractivity contribution in [1.29, 1.82) is 0 Å². The number of hydrogen-bond acceptors (Lipinski definition) is 4. The van der Waals surface area contributed by atoms with E-state index in [4.69, 9.17) is 18.9 Å². The molecule has 0 amide bonds. The molecule has 3 rings (SSSR count). The van der Waals surface area contributed by atoms with Gasteiger partial charge in [-0.25, -0.2) is 0 Å². The Hall–Kier alpha value is -1.26. The summed E-state index contributed by atoms with van der Waals surface area (Å²) in [6.45, 7) is 2.22. The van der Waals surface area contributed by atoms with Crippen molar-refractivity contribution in [2.24, 2.45) is 0 Å². The number of benzene rings is 1. The predicted octanol–water partition coefficient (Wildman–Crippen LogP) is 1.59. The van der Waals surface area contributed by atoms with Crippen LogP contribution in [0.1, 0.15) is 6.42 Å². The van der Waals surface area contributed by atoms with Crippen LogP contribution in [0.3, 0.4) is 0 Å². The molecular formula is C12H14O4. The lowest BCUT2D eigenvalue weighted by molar-refractivity contribution is -0.165. The van der Waals surface area contributed by atoms with Gasteiger partial charge in [0.2, 0.25) is 6.29 Å². The third-order valence-corrected chi connectivity index (χ3v) is 2.57. The fourth-order valence-electron chi connectivity index (χ4n) is 1.45. The molecule has 2 aliphatic heterocycles. The average Bonchev–Trinajstić information content (AvgIpc) is 3.05. The van der Waals surface area contributed by atoms with Crippen LogP contribution in [0.25, 0.3) is 0 Å². The quantitative estimate of drug-likeness (QED) is 0.709. The molecule has 1 aromatic rings. The van der Waals surface area contributed by atoms with E-state index in [0.29, 0.717) is 6.61 Å². The molecule has 2 fully saturated rings. The molecule has 86 valence electrons. The summed E-state index contributed by atoms with van der Waals surface area (Å²) >= 11 is 0. The van der Waals surface area contributed by atoms with E-state index in [2.05, 4.69) is 0 Å². The lowest BCUT2D eigenvalue weighted by atomic mass is 10.3. The number of epoxide rings is 1. The Labute approximate surface area is 94.1 Å². The molecule has 2 heterocycles. The minimum atomic E-state index is -0.0815. The molecule has 1 aromatic carbocycles. The summed E-state index contributed by atoms with van der Waals surface area (Å²) in [5, 5.41) is 0. The van der Waals surface area contributed by atoms with E-state index in [1.165, 1.54) is 0 Å². The Kier molecular flexibility index (Phi) is 2.68. The van der Waals surface area contributed by atoms with E-state index in [1.807, 2.05) is 24.3 Å². The molecule has 16 heavy (non-hydrogen) atoms. The van der Waals surface area contributed by atoms with Crippen LogP contribution in [0.5, 0.6) is 11.5 Å². The van der Waals surface area contributed by atoms with Crippen molar-refractivity contribution in [3.63, 3.8) is 0 Å². The Morgan fingerprint density at radius 3 is 2.75 bits per heavy atom. The molecule has 2 unspecified atom stereocenters. The van der Waals surface area contributed by atoms with Gasteiger partial charge < -0.3 is 18.9 Å². The monoisotopic (exact) mass is 222 g/mol. The van der Waals surface area contributed by atoms with Crippen molar-refractivity contribution in [2.75, 3.05) is 19.8 Å². The second kappa shape index (κ2) is 4.31. The first kappa shape index (κ1) is 9.93. The standard InChI is InChI=1S/C12H14O4/c1-2-9(14-7-11-8-15-11)6-10(3-1)16-12-4-5-13-12/h1-3,6,11-12H,4-5,7-8H2. The zero-order chi connectivity index (χ0) is 10.8. The lowest BCUT2D eigenvalue weighted by Crippen LogP contribution is -2.32. The van der Waals surface area contributed by atoms with Gasteiger partial charge >= 0.3 is 0 Å². The minimum Gasteiger partial charge on any atom is -0.491 e. The van der Waals surface area contributed by atoms with Gasteiger partial charge in [-0.3, -0.25) is 0 Å². The first-order valence-electron chi connectivity index (χ1n) is 5.53. The molecular weight excluding hydrogens is 208 g/mol. The Bertz CT molecular complexity index is 358. The first-order valence-corrected chi connectivity index (χ1v) is 5.53. The van der Waals surface area contributed by atoms with Gasteiger partial charge in [0.25, 0.3) is 0 Å². The van der Waals surface area contributed by atoms with Crippen LogP contribution in [-0.4, -0.2) is 32.2 Å². The smallest absolute Gasteiger partial charge is 0.202 e. The van der Waals surface area contributed by atoms with Crippen molar-refractivity contribution in [2.45, 2.75) is 18.8 Å². The summed E-state index contributed by atoms with van der Waals surface area (Å²) in [5.41, 5.74) is 0. The molecule has 0 radical (unpaired) electrons. The first-order chi connectivity index (χ1) is 7.90. The van der Waals surface area contributed by atoms with Gasteiger partial charge in [0.05, 0.1) is 13.2 Å². The largest absolute Gasteiger partial charge is 0.491 e. The van der Waals surface area contributed by atoms with Crippen LogP contribution in [-0.2, 0) is 9.47 Å². The molecule has 0 aromatic heterocycles. The van der Waals surface area contributed by atoms with E-state index in [-0.39, 0.29) is 12.4 Å². The van der Waals surface area contributed by atoms with Crippen molar-refractivity contribution >= 4 is 0 Å². The van der Waals surface area contributed by atoms with Crippen LogP contribution in [0.15, 0.2) is 24.3 Å². The van der Waals surface area contributed by atoms with Crippen LogP contribution < -0.4 is 9.47 Å². The van der Waals surface area contributed by atoms with Crippen LogP contribution in [0, 0.1) is 0 Å². The van der Waals surface area contributed by atoms with Crippen LogP contribution >= 0.6 is 0 Å². The van der Waals surface area contributed by atoms with Gasteiger partial charge in [0.15, 0.2) is 0 Å². The fourth-order valence-corrected chi connectivity index (χ4v) is 1.45. The van der Waals surface area contributed by atoms with Gasteiger partial charge in [-0.1, -0.05) is 6.07 Å². The van der Waals surface area contributed by atoms with Crippen molar-refractivity contribution < 1.29 is 18.9 Å². The Morgan fingerprint density at radius 1 is 1.25 bits per heavy atom. The summed E-state index contributed by atoms with van der Waals surface area (Å²) < 4.78 is 21.4. The maximum atomic E-state index is 5.58. The maximum Gasteiger partial charge on any atom is 0.202 e. The average molecular weight is 222 g/mol. The highest BCUT2D eigenvalue weighted by Gasteiger charge is 2.23. The van der Waals surface area contributed by atoms with Gasteiger partial charge in [-0.15, -0.1) is 0 Å². The van der Waals surface area contributed by atoms with Gasteiger partial charge in [0.1, 0.15) is 24.2 Å². The molecule has 0 aliphatic carbocycles. The number of ether oxygens (including phenoxy) is 4. The summed E-state index contributed by atoms with van der Waals surface area (Å²) in [4.78, 5) is 0. The van der Waals surface area contributed by atoms with Gasteiger partial charge in [-0.2, -0.15) is 0 Å². The van der Waals surface area contributed by atoms with Crippen molar-refractivity contribution in [3.8, 4) is 11.5 Å². The molecule has 0 N–H and O–H groups in total. The normalized spacial score (nSPS) is 27.0. The van der Waals surface area contributed by atoms with E-state index >= 15 is 0 Å². The van der Waals surface area contributed by atoms with Crippen molar-refractivity contribution in [1.82, 2.24) is 0 Å². The van der Waals surface area contributed by atoms with Crippen molar-refractivity contribution in [3.05, 3.63) is 24.3 Å². The minimum absolute atomic E-state index is 0.0815. The molecule has 2 atom stereocenters. The predicted molar refractivity (Wildman–Crippen MR) is 56.7 cm³/mol. The summed E-state index contributed by atoms with van der Waals surface area (Å²) in [5.74, 6) is 1.60. The van der Waals surface area contributed by atoms with Crippen LogP contribution in [0.4, 0.5) is 0 Å². The van der Waals surface area contributed by atoms with Gasteiger partial charge in [-0.05, 0) is 12.1 Å².